The molecule has 6 heteroatoms. The van der Waals surface area contributed by atoms with Gasteiger partial charge in [0.2, 0.25) is 0 Å². The highest BCUT2D eigenvalue weighted by Gasteiger charge is 2.12. The molecule has 0 radical (unpaired) electrons. The zero-order chi connectivity index (χ0) is 14.7. The number of rotatable bonds is 4. The third kappa shape index (κ3) is 2.74. The number of aryl methyl sites for hydroxylation is 1. The molecule has 3 rings (SSSR count). The van der Waals surface area contributed by atoms with E-state index >= 15 is 0 Å². The highest BCUT2D eigenvalue weighted by atomic mass is 15.1. The molecule has 0 aromatic carbocycles. The number of hydrogen-bond acceptors (Lipinski definition) is 5. The Balaban J connectivity index is 1.92. The topological polar surface area (TPSA) is 68.5 Å². The van der Waals surface area contributed by atoms with Crippen LogP contribution in [0.2, 0.25) is 0 Å². The third-order valence-corrected chi connectivity index (χ3v) is 3.24. The summed E-state index contributed by atoms with van der Waals surface area (Å²) in [6.07, 6.45) is 10.6. The van der Waals surface area contributed by atoms with Gasteiger partial charge in [0.25, 0.3) is 0 Å². The van der Waals surface area contributed by atoms with E-state index in [0.29, 0.717) is 0 Å². The van der Waals surface area contributed by atoms with Crippen molar-refractivity contribution < 1.29 is 0 Å². The Morgan fingerprint density at radius 1 is 1.10 bits per heavy atom. The van der Waals surface area contributed by atoms with Crippen molar-refractivity contribution in [3.63, 3.8) is 0 Å². The van der Waals surface area contributed by atoms with Gasteiger partial charge in [-0.1, -0.05) is 0 Å². The van der Waals surface area contributed by atoms with Crippen molar-refractivity contribution in [1.29, 1.82) is 0 Å². The zero-order valence-corrected chi connectivity index (χ0v) is 11.9. The second kappa shape index (κ2) is 5.70. The van der Waals surface area contributed by atoms with Gasteiger partial charge in [0.1, 0.15) is 5.82 Å². The summed E-state index contributed by atoms with van der Waals surface area (Å²) in [5, 5.41) is 3.43. The monoisotopic (exact) mass is 280 g/mol. The van der Waals surface area contributed by atoms with Crippen LogP contribution in [0.5, 0.6) is 0 Å². The van der Waals surface area contributed by atoms with E-state index in [1.807, 2.05) is 36.7 Å². The predicted octanol–water partition coefficient (Wildman–Crippen LogP) is 2.54. The van der Waals surface area contributed by atoms with Crippen LogP contribution in [0.4, 0.5) is 5.69 Å². The van der Waals surface area contributed by atoms with E-state index in [0.717, 1.165) is 23.0 Å². The van der Waals surface area contributed by atoms with Gasteiger partial charge >= 0.3 is 0 Å². The fourth-order valence-corrected chi connectivity index (χ4v) is 2.14. The van der Waals surface area contributed by atoms with Crippen molar-refractivity contribution >= 4 is 5.69 Å². The van der Waals surface area contributed by atoms with Crippen LogP contribution in [0.25, 0.3) is 5.82 Å². The highest BCUT2D eigenvalue weighted by Crippen LogP contribution is 2.23. The SMILES string of the molecule is Cc1nccn1-c1ncccc1NC(C)c1cnccn1. The van der Waals surface area contributed by atoms with Gasteiger partial charge in [0.05, 0.1) is 23.6 Å². The molecule has 3 aromatic rings. The molecule has 1 N–H and O–H groups in total. The van der Waals surface area contributed by atoms with Crippen molar-refractivity contribution in [3.8, 4) is 5.82 Å². The molecule has 106 valence electrons. The summed E-state index contributed by atoms with van der Waals surface area (Å²) < 4.78 is 1.95. The van der Waals surface area contributed by atoms with Crippen LogP contribution < -0.4 is 5.32 Å². The Morgan fingerprint density at radius 2 is 2.00 bits per heavy atom. The first kappa shape index (κ1) is 13.2. The van der Waals surface area contributed by atoms with Gasteiger partial charge in [-0.15, -0.1) is 0 Å². The van der Waals surface area contributed by atoms with Gasteiger partial charge < -0.3 is 5.32 Å². The van der Waals surface area contributed by atoms with Crippen molar-refractivity contribution in [1.82, 2.24) is 24.5 Å². The lowest BCUT2D eigenvalue weighted by Crippen LogP contribution is -2.12. The first-order valence-electron chi connectivity index (χ1n) is 6.73. The summed E-state index contributed by atoms with van der Waals surface area (Å²) in [7, 11) is 0. The molecule has 0 bridgehead atoms. The standard InChI is InChI=1S/C15H16N6/c1-11(14-10-16-6-7-18-14)20-13-4-3-5-19-15(13)21-9-8-17-12(21)2/h3-11,20H,1-2H3. The van der Waals surface area contributed by atoms with E-state index in [4.69, 9.17) is 0 Å². The smallest absolute Gasteiger partial charge is 0.161 e. The molecule has 21 heavy (non-hydrogen) atoms. The van der Waals surface area contributed by atoms with E-state index in [1.54, 1.807) is 31.0 Å². The number of aromatic nitrogens is 5. The maximum absolute atomic E-state index is 4.45. The molecule has 1 unspecified atom stereocenters. The first-order valence-corrected chi connectivity index (χ1v) is 6.73. The molecule has 3 aromatic heterocycles. The third-order valence-electron chi connectivity index (χ3n) is 3.24. The van der Waals surface area contributed by atoms with Crippen LogP contribution in [-0.4, -0.2) is 24.5 Å². The van der Waals surface area contributed by atoms with Crippen LogP contribution in [0.15, 0.2) is 49.3 Å². The summed E-state index contributed by atoms with van der Waals surface area (Å²) >= 11 is 0. The van der Waals surface area contributed by atoms with E-state index in [-0.39, 0.29) is 6.04 Å². The maximum atomic E-state index is 4.45. The second-order valence-electron chi connectivity index (χ2n) is 4.72. The predicted molar refractivity (Wildman–Crippen MR) is 80.2 cm³/mol. The van der Waals surface area contributed by atoms with Crippen LogP contribution in [0.3, 0.4) is 0 Å². The van der Waals surface area contributed by atoms with Gasteiger partial charge in [0.15, 0.2) is 5.82 Å². The van der Waals surface area contributed by atoms with Crippen molar-refractivity contribution in [2.24, 2.45) is 0 Å². The van der Waals surface area contributed by atoms with Crippen molar-refractivity contribution in [2.45, 2.75) is 19.9 Å². The van der Waals surface area contributed by atoms with Crippen LogP contribution in [0, 0.1) is 6.92 Å². The molecular weight excluding hydrogens is 264 g/mol. The molecule has 0 aliphatic heterocycles. The van der Waals surface area contributed by atoms with Gasteiger partial charge in [-0.05, 0) is 26.0 Å². The second-order valence-corrected chi connectivity index (χ2v) is 4.72. The molecule has 0 spiro atoms. The minimum atomic E-state index is 0.0328. The summed E-state index contributed by atoms with van der Waals surface area (Å²) in [4.78, 5) is 17.1. The molecule has 0 saturated heterocycles. The number of nitrogens with zero attached hydrogens (tertiary/aromatic N) is 5. The Labute approximate surface area is 122 Å². The van der Waals surface area contributed by atoms with E-state index in [9.17, 15) is 0 Å². The number of anilines is 1. The molecule has 6 nitrogen and oxygen atoms in total. The normalized spacial score (nSPS) is 12.1. The summed E-state index contributed by atoms with van der Waals surface area (Å²) in [5.41, 5.74) is 1.81. The quantitative estimate of drug-likeness (QED) is 0.795. The number of imidazole rings is 1. The van der Waals surface area contributed by atoms with Gasteiger partial charge in [-0.3, -0.25) is 14.5 Å². The number of pyridine rings is 1. The lowest BCUT2D eigenvalue weighted by molar-refractivity contribution is 0.820. The first-order chi connectivity index (χ1) is 10.3. The van der Waals surface area contributed by atoms with Crippen molar-refractivity contribution in [3.05, 3.63) is 60.8 Å². The Morgan fingerprint density at radius 3 is 2.71 bits per heavy atom. The molecule has 0 saturated carbocycles. The highest BCUT2D eigenvalue weighted by molar-refractivity contribution is 5.57. The number of nitrogens with one attached hydrogen (secondary N) is 1. The van der Waals surface area contributed by atoms with E-state index < -0.39 is 0 Å². The molecule has 0 fully saturated rings. The van der Waals surface area contributed by atoms with Crippen LogP contribution in [0.1, 0.15) is 24.5 Å². The lowest BCUT2D eigenvalue weighted by atomic mass is 10.2. The lowest BCUT2D eigenvalue weighted by Gasteiger charge is -2.17. The average molecular weight is 280 g/mol. The zero-order valence-electron chi connectivity index (χ0n) is 11.9. The Kier molecular flexibility index (Phi) is 3.59. The van der Waals surface area contributed by atoms with Gasteiger partial charge in [-0.25, -0.2) is 9.97 Å². The summed E-state index contributed by atoms with van der Waals surface area (Å²) in [5.74, 6) is 1.71. The minimum Gasteiger partial charge on any atom is -0.374 e. The van der Waals surface area contributed by atoms with Crippen LogP contribution >= 0.6 is 0 Å². The van der Waals surface area contributed by atoms with Gasteiger partial charge in [-0.2, -0.15) is 0 Å². The molecule has 0 aliphatic carbocycles. The number of hydrogen-bond donors (Lipinski definition) is 1. The average Bonchev–Trinajstić information content (AvgIpc) is 2.95. The fourth-order valence-electron chi connectivity index (χ4n) is 2.14. The van der Waals surface area contributed by atoms with E-state index in [1.165, 1.54) is 0 Å². The molecular formula is C15H16N6. The largest absolute Gasteiger partial charge is 0.374 e. The molecule has 1 atom stereocenters. The Hall–Kier alpha value is -2.76. The molecule has 0 amide bonds. The van der Waals surface area contributed by atoms with Crippen molar-refractivity contribution in [2.75, 3.05) is 5.32 Å². The minimum absolute atomic E-state index is 0.0328. The Bertz CT molecular complexity index is 722. The maximum Gasteiger partial charge on any atom is 0.161 e. The molecule has 3 heterocycles. The van der Waals surface area contributed by atoms with Gasteiger partial charge in [0, 0.05) is 31.0 Å². The molecule has 0 aliphatic rings. The summed E-state index contributed by atoms with van der Waals surface area (Å²) in [6, 6.07) is 3.93. The summed E-state index contributed by atoms with van der Waals surface area (Å²) in [6.45, 7) is 3.99. The van der Waals surface area contributed by atoms with E-state index in [2.05, 4.69) is 25.3 Å². The fraction of sp³-hybridized carbons (Fsp3) is 0.200. The van der Waals surface area contributed by atoms with Crippen LogP contribution in [-0.2, 0) is 0 Å².